The standard InChI is InChI=1S/2C17H13.2ClH.Zr/c2*1-13-11-15-9-5-6-10-16(17(15)12-13)14-7-3-2-4-8-14;;;/h2*2-10,12H,1H3;2*1H;. The molecule has 6 rings (SSSR count). The summed E-state index contributed by atoms with van der Waals surface area (Å²) in [4.78, 5) is 0. The molecule has 0 saturated carbocycles. The van der Waals surface area contributed by atoms with Crippen molar-refractivity contribution in [2.24, 2.45) is 0 Å². The predicted molar refractivity (Wildman–Crippen MR) is 160 cm³/mol. The number of aryl methyl sites for hydroxylation is 2. The smallest absolute Gasteiger partial charge is 0.147 e. The second-order valence-corrected chi connectivity index (χ2v) is 12.3. The molecule has 37 heavy (non-hydrogen) atoms. The van der Waals surface area contributed by atoms with Crippen LogP contribution in [0.15, 0.2) is 121 Å². The quantitative estimate of drug-likeness (QED) is 0.190. The molecule has 2 aromatic carbocycles. The maximum atomic E-state index is 2.42. The zero-order valence-corrected chi connectivity index (χ0v) is 25.0. The summed E-state index contributed by atoms with van der Waals surface area (Å²) in [7, 11) is 0. The molecule has 0 heterocycles. The summed E-state index contributed by atoms with van der Waals surface area (Å²) in [6, 6.07) is 44.4. The zero-order valence-electron chi connectivity index (χ0n) is 20.9. The van der Waals surface area contributed by atoms with Gasteiger partial charge in [-0.05, 0) is 0 Å². The van der Waals surface area contributed by atoms with E-state index >= 15 is 0 Å². The molecule has 0 nitrogen and oxygen atoms in total. The maximum Gasteiger partial charge on any atom is -0.147 e. The van der Waals surface area contributed by atoms with Crippen LogP contribution in [-0.2, 0) is 23.2 Å². The maximum absolute atomic E-state index is 2.42. The third-order valence-electron chi connectivity index (χ3n) is 6.90. The first-order valence-corrected chi connectivity index (χ1v) is 14.6. The van der Waals surface area contributed by atoms with Gasteiger partial charge >= 0.3 is 221 Å². The van der Waals surface area contributed by atoms with Crippen LogP contribution in [0.25, 0.3) is 44.5 Å². The molecule has 0 spiro atoms. The van der Waals surface area contributed by atoms with Crippen molar-refractivity contribution < 1.29 is 23.2 Å². The molecule has 0 unspecified atom stereocenters. The van der Waals surface area contributed by atoms with Crippen molar-refractivity contribution in [1.82, 2.24) is 0 Å². The summed E-state index contributed by atoms with van der Waals surface area (Å²) >= 11 is -1.07. The van der Waals surface area contributed by atoms with Crippen molar-refractivity contribution >= 4 is 31.4 Å². The molecule has 2 aromatic rings. The van der Waals surface area contributed by atoms with E-state index in [1.807, 2.05) is 0 Å². The fraction of sp³-hybridized carbons (Fsp3) is 0.0588. The van der Waals surface area contributed by atoms with Gasteiger partial charge in [-0.25, -0.2) is 0 Å². The minimum Gasteiger partial charge on any atom is -0.147 e. The van der Waals surface area contributed by atoms with Crippen molar-refractivity contribution in [1.29, 1.82) is 0 Å². The molecule has 0 N–H and O–H groups in total. The zero-order chi connectivity index (χ0) is 23.8. The van der Waals surface area contributed by atoms with E-state index in [-0.39, 0.29) is 24.8 Å². The molecule has 0 amide bonds. The van der Waals surface area contributed by atoms with Gasteiger partial charge in [0.05, 0.1) is 0 Å². The Balaban J connectivity index is 0.00000160. The van der Waals surface area contributed by atoms with Crippen molar-refractivity contribution in [3.8, 4) is 44.5 Å². The number of halogens is 2. The van der Waals surface area contributed by atoms with Crippen LogP contribution in [0.2, 0.25) is 0 Å². The fourth-order valence-electron chi connectivity index (χ4n) is 5.20. The normalized spacial score (nSPS) is 10.5. The first-order valence-electron chi connectivity index (χ1n) is 12.1. The SMILES string of the molecule is Cc1cc2c(-c3ccccc3)ccccc-2[c]1[Zr][c]1c(C)cc2c(-c3ccccc3)ccccc1-2.Cl.Cl. The Bertz CT molecular complexity index is 1460. The molecule has 0 atom stereocenters. The molecule has 4 aliphatic carbocycles. The van der Waals surface area contributed by atoms with Gasteiger partial charge in [-0.15, -0.1) is 24.8 Å². The van der Waals surface area contributed by atoms with Crippen LogP contribution in [-0.4, -0.2) is 0 Å². The Morgan fingerprint density at radius 3 is 1.08 bits per heavy atom. The van der Waals surface area contributed by atoms with Gasteiger partial charge in [0.25, 0.3) is 0 Å². The van der Waals surface area contributed by atoms with Gasteiger partial charge in [0, 0.05) is 0 Å². The van der Waals surface area contributed by atoms with Crippen LogP contribution in [0.3, 0.4) is 0 Å². The number of fused-ring (bicyclic) bond motifs is 2. The molecule has 0 fully saturated rings. The molecule has 3 heteroatoms. The summed E-state index contributed by atoms with van der Waals surface area (Å²) in [6.45, 7) is 4.61. The van der Waals surface area contributed by atoms with E-state index in [2.05, 4.69) is 135 Å². The van der Waals surface area contributed by atoms with Crippen LogP contribution in [0.1, 0.15) is 11.1 Å². The Hall–Kier alpha value is -2.70. The van der Waals surface area contributed by atoms with Crippen molar-refractivity contribution in [2.75, 3.05) is 0 Å². The van der Waals surface area contributed by atoms with Gasteiger partial charge in [0.15, 0.2) is 0 Å². The fourth-order valence-corrected chi connectivity index (χ4v) is 8.87. The van der Waals surface area contributed by atoms with Crippen molar-refractivity contribution in [3.05, 3.63) is 132 Å². The van der Waals surface area contributed by atoms with Gasteiger partial charge in [-0.3, -0.25) is 0 Å². The number of hydrogen-bond acceptors (Lipinski definition) is 0. The Labute approximate surface area is 243 Å². The molecule has 0 saturated heterocycles. The van der Waals surface area contributed by atoms with E-state index in [9.17, 15) is 0 Å². The Kier molecular flexibility index (Phi) is 8.71. The predicted octanol–water partition coefficient (Wildman–Crippen LogP) is 8.72. The molecule has 0 radical (unpaired) electrons. The Morgan fingerprint density at radius 1 is 0.378 bits per heavy atom. The van der Waals surface area contributed by atoms with Crippen LogP contribution in [0.5, 0.6) is 0 Å². The van der Waals surface area contributed by atoms with Gasteiger partial charge in [-0.1, -0.05) is 0 Å². The van der Waals surface area contributed by atoms with Gasteiger partial charge in [0.2, 0.25) is 0 Å². The molecule has 0 bridgehead atoms. The first-order chi connectivity index (χ1) is 17.2. The second kappa shape index (κ2) is 11.8. The molecule has 0 aliphatic heterocycles. The summed E-state index contributed by atoms with van der Waals surface area (Å²) < 4.78 is 3.20. The van der Waals surface area contributed by atoms with E-state index in [1.54, 1.807) is 6.54 Å². The summed E-state index contributed by atoms with van der Waals surface area (Å²) in [5, 5.41) is 0. The molecular weight excluding hydrogens is 571 g/mol. The summed E-state index contributed by atoms with van der Waals surface area (Å²) in [5.74, 6) is 0. The number of hydrogen-bond donors (Lipinski definition) is 0. The van der Waals surface area contributed by atoms with Crippen LogP contribution >= 0.6 is 24.8 Å². The Morgan fingerprint density at radius 2 is 0.703 bits per heavy atom. The minimum absolute atomic E-state index is 0. The van der Waals surface area contributed by atoms with Gasteiger partial charge in [-0.2, -0.15) is 0 Å². The third-order valence-corrected chi connectivity index (χ3v) is 11.4. The average molecular weight is 599 g/mol. The van der Waals surface area contributed by atoms with Crippen LogP contribution in [0, 0.1) is 13.8 Å². The first kappa shape index (κ1) is 27.3. The van der Waals surface area contributed by atoms with E-state index < -0.39 is 23.2 Å². The van der Waals surface area contributed by atoms with Gasteiger partial charge in [0.1, 0.15) is 0 Å². The molecule has 182 valence electrons. The van der Waals surface area contributed by atoms with Crippen molar-refractivity contribution in [3.63, 3.8) is 0 Å². The molecular formula is C34H28Cl2Zr. The van der Waals surface area contributed by atoms with E-state index in [0.717, 1.165) is 0 Å². The average Bonchev–Trinajstić information content (AvgIpc) is 3.15. The van der Waals surface area contributed by atoms with E-state index in [4.69, 9.17) is 0 Å². The van der Waals surface area contributed by atoms with Crippen molar-refractivity contribution in [2.45, 2.75) is 13.8 Å². The second-order valence-electron chi connectivity index (χ2n) is 9.18. The summed E-state index contributed by atoms with van der Waals surface area (Å²) in [6.07, 6.45) is 0. The third kappa shape index (κ3) is 5.19. The van der Waals surface area contributed by atoms with Crippen LogP contribution < -0.4 is 6.54 Å². The molecule has 4 aliphatic rings. The summed E-state index contributed by atoms with van der Waals surface area (Å²) in [5.41, 5.74) is 13.7. The van der Waals surface area contributed by atoms with Crippen LogP contribution in [0.4, 0.5) is 0 Å². The van der Waals surface area contributed by atoms with Gasteiger partial charge < -0.3 is 0 Å². The number of rotatable bonds is 4. The molecule has 0 aromatic heterocycles. The largest absolute Gasteiger partial charge is 0.147 e. The monoisotopic (exact) mass is 596 g/mol. The van der Waals surface area contributed by atoms with E-state index in [1.165, 1.54) is 55.6 Å². The number of benzene rings is 2. The topological polar surface area (TPSA) is 0 Å². The van der Waals surface area contributed by atoms with E-state index in [0.29, 0.717) is 0 Å². The minimum atomic E-state index is -1.07.